The van der Waals surface area contributed by atoms with Crippen molar-refractivity contribution in [3.05, 3.63) is 23.9 Å². The minimum atomic E-state index is -1.04. The van der Waals surface area contributed by atoms with Crippen LogP contribution in [0.1, 0.15) is 38.1 Å². The number of nitrogens with one attached hydrogen (secondary N) is 1. The van der Waals surface area contributed by atoms with Crippen LogP contribution in [0.25, 0.3) is 0 Å². The van der Waals surface area contributed by atoms with E-state index in [4.69, 9.17) is 5.11 Å². The van der Waals surface area contributed by atoms with Gasteiger partial charge in [-0.05, 0) is 23.0 Å². The maximum absolute atomic E-state index is 12.2. The highest BCUT2D eigenvalue weighted by molar-refractivity contribution is 5.96. The van der Waals surface area contributed by atoms with E-state index in [0.29, 0.717) is 0 Å². The van der Waals surface area contributed by atoms with Crippen LogP contribution in [0.4, 0.5) is 5.82 Å². The molecule has 1 aromatic heterocycles. The molecule has 1 aliphatic carbocycles. The first-order valence-electron chi connectivity index (χ1n) is 6.18. The number of carbonyl (C=O) groups is 2. The molecule has 5 heteroatoms. The van der Waals surface area contributed by atoms with Gasteiger partial charge in [-0.25, -0.2) is 9.78 Å². The number of carboxylic acid groups (broad SMARTS) is 1. The number of aromatic nitrogens is 1. The van der Waals surface area contributed by atoms with Crippen molar-refractivity contribution in [3.63, 3.8) is 0 Å². The van der Waals surface area contributed by atoms with E-state index in [1.807, 2.05) is 0 Å². The lowest BCUT2D eigenvalue weighted by molar-refractivity contribution is -0.118. The van der Waals surface area contributed by atoms with Gasteiger partial charge < -0.3 is 10.4 Å². The maximum atomic E-state index is 12.2. The standard InChI is InChI=1S/C14H18N2O3/c1-13(2)10(14(13,3)4)11(17)16-9-7-8(12(18)19)5-6-15-9/h5-7,10H,1-4H3,(H,18,19)(H,15,16,17). The van der Waals surface area contributed by atoms with Crippen LogP contribution in [0, 0.1) is 16.7 Å². The molecular weight excluding hydrogens is 244 g/mol. The largest absolute Gasteiger partial charge is 0.478 e. The molecule has 1 heterocycles. The van der Waals surface area contributed by atoms with Crippen molar-refractivity contribution in [2.24, 2.45) is 16.7 Å². The van der Waals surface area contributed by atoms with E-state index < -0.39 is 5.97 Å². The number of aromatic carboxylic acids is 1. The molecule has 0 aromatic carbocycles. The van der Waals surface area contributed by atoms with E-state index in [0.717, 1.165) is 0 Å². The molecule has 0 atom stereocenters. The number of anilines is 1. The van der Waals surface area contributed by atoms with Crippen molar-refractivity contribution >= 4 is 17.7 Å². The third-order valence-corrected chi connectivity index (χ3v) is 4.54. The van der Waals surface area contributed by atoms with Gasteiger partial charge in [0.1, 0.15) is 5.82 Å². The normalized spacial score (nSPS) is 19.8. The van der Waals surface area contributed by atoms with Crippen LogP contribution in [0.2, 0.25) is 0 Å². The third kappa shape index (κ3) is 2.09. The topological polar surface area (TPSA) is 79.3 Å². The molecule has 1 saturated carbocycles. The summed E-state index contributed by atoms with van der Waals surface area (Å²) in [5.41, 5.74) is 0.00261. The van der Waals surface area contributed by atoms with E-state index in [-0.39, 0.29) is 34.0 Å². The Hall–Kier alpha value is -1.91. The van der Waals surface area contributed by atoms with Crippen LogP contribution >= 0.6 is 0 Å². The molecule has 1 aliphatic rings. The van der Waals surface area contributed by atoms with Crippen LogP contribution in [-0.2, 0) is 4.79 Å². The van der Waals surface area contributed by atoms with Crippen molar-refractivity contribution in [1.29, 1.82) is 0 Å². The van der Waals surface area contributed by atoms with Crippen LogP contribution in [0.3, 0.4) is 0 Å². The molecule has 5 nitrogen and oxygen atoms in total. The molecule has 0 spiro atoms. The highest BCUT2D eigenvalue weighted by atomic mass is 16.4. The monoisotopic (exact) mass is 262 g/mol. The number of carboxylic acids is 1. The molecule has 19 heavy (non-hydrogen) atoms. The highest BCUT2D eigenvalue weighted by Crippen LogP contribution is 2.68. The summed E-state index contributed by atoms with van der Waals surface area (Å²) in [7, 11) is 0. The zero-order chi connectivity index (χ0) is 14.4. The zero-order valence-corrected chi connectivity index (χ0v) is 11.5. The summed E-state index contributed by atoms with van der Waals surface area (Å²) in [4.78, 5) is 27.0. The average Bonchev–Trinajstić information content (AvgIpc) is 2.69. The fraction of sp³-hybridized carbons (Fsp3) is 0.500. The fourth-order valence-corrected chi connectivity index (χ4v) is 2.68. The van der Waals surface area contributed by atoms with Gasteiger partial charge in [-0.15, -0.1) is 0 Å². The second kappa shape index (κ2) is 4.05. The molecule has 2 N–H and O–H groups in total. The minimum absolute atomic E-state index is 0.0541. The lowest BCUT2D eigenvalue weighted by Gasteiger charge is -2.06. The molecule has 0 bridgehead atoms. The second-order valence-electron chi connectivity index (χ2n) is 6.10. The van der Waals surface area contributed by atoms with Crippen molar-refractivity contribution < 1.29 is 14.7 Å². The Morgan fingerprint density at radius 2 is 1.84 bits per heavy atom. The summed E-state index contributed by atoms with van der Waals surface area (Å²) in [6, 6.07) is 2.76. The lowest BCUT2D eigenvalue weighted by atomic mass is 10.0. The average molecular weight is 262 g/mol. The smallest absolute Gasteiger partial charge is 0.335 e. The van der Waals surface area contributed by atoms with Crippen molar-refractivity contribution in [3.8, 4) is 0 Å². The van der Waals surface area contributed by atoms with E-state index in [1.165, 1.54) is 18.3 Å². The number of pyridine rings is 1. The number of amides is 1. The first-order valence-corrected chi connectivity index (χ1v) is 6.18. The first-order chi connectivity index (χ1) is 8.68. The molecule has 1 fully saturated rings. The van der Waals surface area contributed by atoms with Crippen molar-refractivity contribution in [2.75, 3.05) is 5.32 Å². The van der Waals surface area contributed by atoms with Crippen molar-refractivity contribution in [1.82, 2.24) is 4.98 Å². The number of carbonyl (C=O) groups excluding carboxylic acids is 1. The van der Waals surface area contributed by atoms with E-state index in [2.05, 4.69) is 38.0 Å². The summed E-state index contributed by atoms with van der Waals surface area (Å²) < 4.78 is 0. The van der Waals surface area contributed by atoms with E-state index >= 15 is 0 Å². The Labute approximate surface area is 112 Å². The maximum Gasteiger partial charge on any atom is 0.335 e. The Morgan fingerprint density at radius 1 is 1.26 bits per heavy atom. The quantitative estimate of drug-likeness (QED) is 0.876. The Kier molecular flexibility index (Phi) is 2.88. The molecule has 1 amide bonds. The van der Waals surface area contributed by atoms with Gasteiger partial charge in [-0.1, -0.05) is 27.7 Å². The van der Waals surface area contributed by atoms with Crippen LogP contribution in [0.15, 0.2) is 18.3 Å². The molecular formula is C14H18N2O3. The van der Waals surface area contributed by atoms with E-state index in [9.17, 15) is 9.59 Å². The molecule has 1 aromatic rings. The van der Waals surface area contributed by atoms with Gasteiger partial charge in [-0.2, -0.15) is 0 Å². The predicted octanol–water partition coefficient (Wildman–Crippen LogP) is 2.40. The SMILES string of the molecule is CC1(C)C(C(=O)Nc2cc(C(=O)O)ccn2)C1(C)C. The fourth-order valence-electron chi connectivity index (χ4n) is 2.68. The molecule has 0 unspecified atom stereocenters. The predicted molar refractivity (Wildman–Crippen MR) is 70.9 cm³/mol. The zero-order valence-electron chi connectivity index (χ0n) is 11.5. The molecule has 0 saturated heterocycles. The molecule has 0 aliphatic heterocycles. The van der Waals surface area contributed by atoms with Gasteiger partial charge in [0.15, 0.2) is 0 Å². The molecule has 2 rings (SSSR count). The number of rotatable bonds is 3. The molecule has 102 valence electrons. The number of hydrogen-bond acceptors (Lipinski definition) is 3. The third-order valence-electron chi connectivity index (χ3n) is 4.54. The van der Waals surface area contributed by atoms with E-state index in [1.54, 1.807) is 0 Å². The summed E-state index contributed by atoms with van der Waals surface area (Å²) in [6.45, 7) is 8.22. The number of hydrogen-bond donors (Lipinski definition) is 2. The number of nitrogens with zero attached hydrogens (tertiary/aromatic N) is 1. The van der Waals surface area contributed by atoms with Gasteiger partial charge in [0.25, 0.3) is 0 Å². The second-order valence-corrected chi connectivity index (χ2v) is 6.10. The molecule has 0 radical (unpaired) electrons. The summed E-state index contributed by atoms with van der Waals surface area (Å²) >= 11 is 0. The summed E-state index contributed by atoms with van der Waals surface area (Å²) in [6.07, 6.45) is 1.38. The van der Waals surface area contributed by atoms with Gasteiger partial charge in [0.2, 0.25) is 5.91 Å². The van der Waals surface area contributed by atoms with Gasteiger partial charge in [-0.3, -0.25) is 4.79 Å². The minimum Gasteiger partial charge on any atom is -0.478 e. The Balaban J connectivity index is 2.13. The van der Waals surface area contributed by atoms with Crippen LogP contribution in [0.5, 0.6) is 0 Å². The lowest BCUT2D eigenvalue weighted by Crippen LogP contribution is -2.18. The highest BCUT2D eigenvalue weighted by Gasteiger charge is 2.68. The van der Waals surface area contributed by atoms with Crippen LogP contribution < -0.4 is 5.32 Å². The first kappa shape index (κ1) is 13.5. The Bertz CT molecular complexity index is 535. The van der Waals surface area contributed by atoms with Gasteiger partial charge in [0.05, 0.1) is 5.56 Å². The Morgan fingerprint density at radius 3 is 2.32 bits per heavy atom. The summed E-state index contributed by atoms with van der Waals surface area (Å²) in [5, 5.41) is 11.6. The van der Waals surface area contributed by atoms with Gasteiger partial charge in [0, 0.05) is 12.1 Å². The summed E-state index contributed by atoms with van der Waals surface area (Å²) in [5.74, 6) is -0.950. The van der Waals surface area contributed by atoms with Gasteiger partial charge >= 0.3 is 5.97 Å². The van der Waals surface area contributed by atoms with Crippen LogP contribution in [-0.4, -0.2) is 22.0 Å². The van der Waals surface area contributed by atoms with Crippen molar-refractivity contribution in [2.45, 2.75) is 27.7 Å².